The first kappa shape index (κ1) is 28.4. The van der Waals surface area contributed by atoms with Crippen LogP contribution in [-0.4, -0.2) is 56.6 Å². The van der Waals surface area contributed by atoms with Crippen LogP contribution in [-0.2, 0) is 26.0 Å². The maximum absolute atomic E-state index is 13.3. The fourth-order valence-corrected chi connectivity index (χ4v) is 4.98. The van der Waals surface area contributed by atoms with Crippen molar-refractivity contribution >= 4 is 27.5 Å². The maximum atomic E-state index is 13.3. The summed E-state index contributed by atoms with van der Waals surface area (Å²) in [4.78, 5) is 27.6. The molecule has 0 aliphatic heterocycles. The normalized spacial score (nSPS) is 12.3. The van der Waals surface area contributed by atoms with E-state index in [-0.39, 0.29) is 30.8 Å². The summed E-state index contributed by atoms with van der Waals surface area (Å²) in [5, 5.41) is 2.88. The molecule has 0 bridgehead atoms. The first-order valence-electron chi connectivity index (χ1n) is 12.1. The van der Waals surface area contributed by atoms with Crippen LogP contribution < -0.4 is 9.62 Å². The van der Waals surface area contributed by atoms with Gasteiger partial charge in [0.1, 0.15) is 6.04 Å². The van der Waals surface area contributed by atoms with E-state index in [1.807, 2.05) is 70.2 Å². The zero-order valence-electron chi connectivity index (χ0n) is 21.7. The van der Waals surface area contributed by atoms with Crippen molar-refractivity contribution in [2.45, 2.75) is 66.0 Å². The fourth-order valence-electron chi connectivity index (χ4n) is 3.96. The van der Waals surface area contributed by atoms with Crippen molar-refractivity contribution in [1.29, 1.82) is 0 Å². The Morgan fingerprint density at radius 2 is 1.60 bits per heavy atom. The Balaban J connectivity index is 2.14. The van der Waals surface area contributed by atoms with E-state index in [9.17, 15) is 18.0 Å². The number of aryl methyl sites for hydroxylation is 1. The van der Waals surface area contributed by atoms with Gasteiger partial charge in [-0.3, -0.25) is 13.9 Å². The molecule has 7 nitrogen and oxygen atoms in total. The molecule has 0 fully saturated rings. The number of hydrogen-bond acceptors (Lipinski definition) is 4. The number of rotatable bonds is 12. The number of carbonyl (C=O) groups is 2. The molecule has 0 saturated carbocycles. The van der Waals surface area contributed by atoms with Crippen molar-refractivity contribution in [2.24, 2.45) is 0 Å². The Kier molecular flexibility index (Phi) is 10.3. The Labute approximate surface area is 210 Å². The number of carbonyl (C=O) groups excluding carboxylic acids is 2. The highest BCUT2D eigenvalue weighted by atomic mass is 32.2. The monoisotopic (exact) mass is 501 g/mol. The fraction of sp³-hybridized carbons (Fsp3) is 0.481. The highest BCUT2D eigenvalue weighted by Crippen LogP contribution is 2.25. The summed E-state index contributed by atoms with van der Waals surface area (Å²) >= 11 is 0. The van der Waals surface area contributed by atoms with Crippen LogP contribution in [0.2, 0.25) is 0 Å². The van der Waals surface area contributed by atoms with Crippen molar-refractivity contribution in [2.75, 3.05) is 23.7 Å². The summed E-state index contributed by atoms with van der Waals surface area (Å²) in [6.07, 6.45) is 2.30. The molecule has 0 radical (unpaired) electrons. The van der Waals surface area contributed by atoms with Gasteiger partial charge < -0.3 is 10.2 Å². The van der Waals surface area contributed by atoms with Crippen molar-refractivity contribution in [1.82, 2.24) is 10.2 Å². The van der Waals surface area contributed by atoms with Crippen molar-refractivity contribution in [3.63, 3.8) is 0 Å². The molecule has 2 rings (SSSR count). The molecule has 1 atom stereocenters. The van der Waals surface area contributed by atoms with Crippen LogP contribution in [0.1, 0.15) is 50.3 Å². The van der Waals surface area contributed by atoms with Crippen molar-refractivity contribution in [3.8, 4) is 0 Å². The lowest BCUT2D eigenvalue weighted by Gasteiger charge is -2.30. The summed E-state index contributed by atoms with van der Waals surface area (Å²) in [5.41, 5.74) is 3.61. The van der Waals surface area contributed by atoms with Crippen LogP contribution in [0.15, 0.2) is 48.5 Å². The van der Waals surface area contributed by atoms with Gasteiger partial charge in [0.15, 0.2) is 0 Å². The lowest BCUT2D eigenvalue weighted by molar-refractivity contribution is -0.140. The first-order valence-corrected chi connectivity index (χ1v) is 13.9. The van der Waals surface area contributed by atoms with Gasteiger partial charge in [-0.1, -0.05) is 42.5 Å². The zero-order valence-corrected chi connectivity index (χ0v) is 22.6. The summed E-state index contributed by atoms with van der Waals surface area (Å²) in [6.45, 7) is 9.93. The molecule has 0 unspecified atom stereocenters. The molecule has 2 aromatic rings. The highest BCUT2D eigenvalue weighted by Gasteiger charge is 2.27. The standard InChI is InChI=1S/C27H39N3O4S/c1-20(2)28-27(32)23(5)29(19-17-24-13-8-7-9-14-24)26(31)16-11-18-30(35(6,33)34)25-15-10-12-21(3)22(25)4/h7-10,12-15,20,23H,11,16-19H2,1-6H3,(H,28,32)/t23-/m0/s1. The third-order valence-corrected chi connectivity index (χ3v) is 7.26. The minimum Gasteiger partial charge on any atom is -0.352 e. The highest BCUT2D eigenvalue weighted by molar-refractivity contribution is 7.92. The number of nitrogens with zero attached hydrogens (tertiary/aromatic N) is 2. The molecule has 2 aromatic carbocycles. The summed E-state index contributed by atoms with van der Waals surface area (Å²) in [5.74, 6) is -0.365. The number of nitrogens with one attached hydrogen (secondary N) is 1. The van der Waals surface area contributed by atoms with Gasteiger partial charge >= 0.3 is 0 Å². The minimum absolute atomic E-state index is 0.0306. The Bertz CT molecular complexity index is 1100. The third kappa shape index (κ3) is 8.38. The summed E-state index contributed by atoms with van der Waals surface area (Å²) < 4.78 is 26.5. The predicted octanol–water partition coefficient (Wildman–Crippen LogP) is 3.83. The minimum atomic E-state index is -3.52. The first-order chi connectivity index (χ1) is 16.4. The van der Waals surface area contributed by atoms with Crippen LogP contribution in [0.25, 0.3) is 0 Å². The van der Waals surface area contributed by atoms with Gasteiger partial charge in [0.25, 0.3) is 0 Å². The van der Waals surface area contributed by atoms with Gasteiger partial charge in [0.2, 0.25) is 21.8 Å². The predicted molar refractivity (Wildman–Crippen MR) is 142 cm³/mol. The molecule has 8 heteroatoms. The summed E-state index contributed by atoms with van der Waals surface area (Å²) in [6, 6.07) is 14.7. The van der Waals surface area contributed by atoms with Gasteiger partial charge in [-0.2, -0.15) is 0 Å². The number of anilines is 1. The second-order valence-corrected chi connectivity index (χ2v) is 11.2. The van der Waals surface area contributed by atoms with Gasteiger partial charge in [0, 0.05) is 25.6 Å². The molecule has 0 heterocycles. The largest absolute Gasteiger partial charge is 0.352 e. The second kappa shape index (κ2) is 12.7. The number of amides is 2. The van der Waals surface area contributed by atoms with Crippen molar-refractivity contribution < 1.29 is 18.0 Å². The molecule has 35 heavy (non-hydrogen) atoms. The Hall–Kier alpha value is -2.87. The SMILES string of the molecule is Cc1cccc(N(CCCC(=O)N(CCc2ccccc2)[C@@H](C)C(=O)NC(C)C)S(C)(=O)=O)c1C. The third-order valence-electron chi connectivity index (χ3n) is 6.08. The Morgan fingerprint density at radius 3 is 2.20 bits per heavy atom. The van der Waals surface area contributed by atoms with E-state index >= 15 is 0 Å². The average molecular weight is 502 g/mol. The lowest BCUT2D eigenvalue weighted by atomic mass is 10.1. The second-order valence-electron chi connectivity index (χ2n) is 9.32. The van der Waals surface area contributed by atoms with E-state index < -0.39 is 16.1 Å². The molecule has 0 aliphatic carbocycles. The van der Waals surface area contributed by atoms with Gasteiger partial charge in [-0.05, 0) is 70.2 Å². The number of benzene rings is 2. The topological polar surface area (TPSA) is 86.8 Å². The number of hydrogen-bond donors (Lipinski definition) is 1. The molecular formula is C27H39N3O4S. The molecule has 0 spiro atoms. The lowest BCUT2D eigenvalue weighted by Crippen LogP contribution is -2.50. The van der Waals surface area contributed by atoms with Crippen LogP contribution in [0, 0.1) is 13.8 Å². The van der Waals surface area contributed by atoms with Gasteiger partial charge in [0.05, 0.1) is 11.9 Å². The number of sulfonamides is 1. The molecule has 2 amide bonds. The van der Waals surface area contributed by atoms with E-state index in [1.54, 1.807) is 17.9 Å². The summed E-state index contributed by atoms with van der Waals surface area (Å²) in [7, 11) is -3.52. The van der Waals surface area contributed by atoms with Crippen molar-refractivity contribution in [3.05, 3.63) is 65.2 Å². The molecule has 1 N–H and O–H groups in total. The van der Waals surface area contributed by atoms with Crippen LogP contribution >= 0.6 is 0 Å². The van der Waals surface area contributed by atoms with Crippen LogP contribution in [0.5, 0.6) is 0 Å². The van der Waals surface area contributed by atoms with E-state index in [1.165, 1.54) is 10.6 Å². The smallest absolute Gasteiger partial charge is 0.242 e. The average Bonchev–Trinajstić information content (AvgIpc) is 2.78. The zero-order chi connectivity index (χ0) is 26.2. The van der Waals surface area contributed by atoms with Crippen LogP contribution in [0.4, 0.5) is 5.69 Å². The molecule has 0 saturated heterocycles. The van der Waals surface area contributed by atoms with Crippen LogP contribution in [0.3, 0.4) is 0 Å². The maximum Gasteiger partial charge on any atom is 0.242 e. The molecular weight excluding hydrogens is 462 g/mol. The molecule has 192 valence electrons. The van der Waals surface area contributed by atoms with Gasteiger partial charge in [-0.15, -0.1) is 0 Å². The molecule has 0 aliphatic rings. The van der Waals surface area contributed by atoms with E-state index in [0.717, 1.165) is 16.7 Å². The quantitative estimate of drug-likeness (QED) is 0.479. The van der Waals surface area contributed by atoms with E-state index in [2.05, 4.69) is 5.32 Å². The van der Waals surface area contributed by atoms with E-state index in [0.29, 0.717) is 25.1 Å². The van der Waals surface area contributed by atoms with Gasteiger partial charge in [-0.25, -0.2) is 8.42 Å². The molecule has 0 aromatic heterocycles. The van der Waals surface area contributed by atoms with E-state index in [4.69, 9.17) is 0 Å². The Morgan fingerprint density at radius 1 is 0.943 bits per heavy atom.